The van der Waals surface area contributed by atoms with E-state index in [1.165, 1.54) is 0 Å². The van der Waals surface area contributed by atoms with Crippen molar-refractivity contribution in [1.82, 2.24) is 0 Å². The fraction of sp³-hybridized carbons (Fsp3) is 0.462. The monoisotopic (exact) mass is 249 g/mol. The molecule has 0 amide bonds. The number of hydrogen-bond acceptors (Lipinski definition) is 2. The molecule has 0 heterocycles. The molecule has 3 nitrogen and oxygen atoms in total. The van der Waals surface area contributed by atoms with E-state index in [1.807, 2.05) is 31.2 Å². The minimum atomic E-state index is -1.76. The highest BCUT2D eigenvalue weighted by Crippen LogP contribution is 2.31. The number of benzene rings is 1. The van der Waals surface area contributed by atoms with Crippen LogP contribution in [0, 0.1) is 6.57 Å². The summed E-state index contributed by atoms with van der Waals surface area (Å²) >= 11 is 0. The second kappa shape index (κ2) is 4.90. The third kappa shape index (κ3) is 3.58. The summed E-state index contributed by atoms with van der Waals surface area (Å²) < 4.78 is 11.1. The van der Waals surface area contributed by atoms with Gasteiger partial charge in [0.15, 0.2) is 8.32 Å². The zero-order valence-corrected chi connectivity index (χ0v) is 12.1. The molecule has 0 bridgehead atoms. The first kappa shape index (κ1) is 13.8. The standard InChI is InChI=1S/C13H19NO2Si/c1-13(14-2,16-17(4,5)6)11-7-9-12(15-3)10-8-11/h7-10H,1,3-6H3. The van der Waals surface area contributed by atoms with Gasteiger partial charge in [0.1, 0.15) is 5.75 Å². The number of ether oxygens (including phenoxy) is 1. The Kier molecular flexibility index (Phi) is 3.97. The average Bonchev–Trinajstić information content (AvgIpc) is 2.27. The van der Waals surface area contributed by atoms with Gasteiger partial charge in [-0.3, -0.25) is 4.85 Å². The van der Waals surface area contributed by atoms with Gasteiger partial charge >= 0.3 is 5.72 Å². The highest BCUT2D eigenvalue weighted by molar-refractivity contribution is 6.69. The van der Waals surface area contributed by atoms with Crippen molar-refractivity contribution < 1.29 is 9.16 Å². The van der Waals surface area contributed by atoms with E-state index in [0.29, 0.717) is 0 Å². The first-order chi connectivity index (χ1) is 7.80. The molecule has 0 aromatic heterocycles. The SMILES string of the molecule is [C-]#[N+]C(C)(O[Si](C)(C)C)c1ccc(OC)cc1. The fourth-order valence-corrected chi connectivity index (χ4v) is 3.00. The van der Waals surface area contributed by atoms with Gasteiger partial charge in [-0.05, 0) is 43.9 Å². The first-order valence-corrected chi connectivity index (χ1v) is 8.95. The second-order valence-corrected chi connectivity index (χ2v) is 9.47. The van der Waals surface area contributed by atoms with Crippen molar-refractivity contribution in [2.75, 3.05) is 7.11 Å². The molecule has 1 rings (SSSR count). The van der Waals surface area contributed by atoms with Crippen LogP contribution >= 0.6 is 0 Å². The molecular formula is C13H19NO2Si. The van der Waals surface area contributed by atoms with Gasteiger partial charge in [0, 0.05) is 6.92 Å². The largest absolute Gasteiger partial charge is 0.497 e. The summed E-state index contributed by atoms with van der Waals surface area (Å²) in [4.78, 5) is 3.65. The van der Waals surface area contributed by atoms with Gasteiger partial charge in [-0.1, -0.05) is 0 Å². The van der Waals surface area contributed by atoms with E-state index >= 15 is 0 Å². The fourth-order valence-electron chi connectivity index (χ4n) is 1.64. The van der Waals surface area contributed by atoms with Gasteiger partial charge < -0.3 is 9.16 Å². The van der Waals surface area contributed by atoms with E-state index in [9.17, 15) is 0 Å². The predicted octanol–water partition coefficient (Wildman–Crippen LogP) is 3.64. The molecule has 0 spiro atoms. The lowest BCUT2D eigenvalue weighted by Crippen LogP contribution is -2.36. The van der Waals surface area contributed by atoms with Gasteiger partial charge in [-0.15, -0.1) is 0 Å². The van der Waals surface area contributed by atoms with E-state index in [-0.39, 0.29) is 0 Å². The lowest BCUT2D eigenvalue weighted by atomic mass is 10.1. The number of hydrogen-bond donors (Lipinski definition) is 0. The topological polar surface area (TPSA) is 22.8 Å². The zero-order valence-electron chi connectivity index (χ0n) is 11.1. The number of rotatable bonds is 4. The van der Waals surface area contributed by atoms with Crippen molar-refractivity contribution in [3.8, 4) is 5.75 Å². The normalized spacial score (nSPS) is 14.8. The molecule has 1 atom stereocenters. The summed E-state index contributed by atoms with van der Waals surface area (Å²) in [5.74, 6) is 0.786. The van der Waals surface area contributed by atoms with Crippen molar-refractivity contribution in [3.05, 3.63) is 41.2 Å². The minimum Gasteiger partial charge on any atom is -0.497 e. The lowest BCUT2D eigenvalue weighted by molar-refractivity contribution is 0.130. The van der Waals surface area contributed by atoms with Gasteiger partial charge in [-0.25, -0.2) is 6.57 Å². The van der Waals surface area contributed by atoms with Crippen molar-refractivity contribution in [2.45, 2.75) is 32.3 Å². The number of nitrogens with zero attached hydrogens (tertiary/aromatic N) is 1. The van der Waals surface area contributed by atoms with Crippen LogP contribution in [0.3, 0.4) is 0 Å². The summed E-state index contributed by atoms with van der Waals surface area (Å²) in [5, 5.41) is 0. The van der Waals surface area contributed by atoms with E-state index in [1.54, 1.807) is 7.11 Å². The molecule has 1 aromatic carbocycles. The molecule has 0 aliphatic carbocycles. The Hall–Kier alpha value is -1.31. The maximum Gasteiger partial charge on any atom is 0.352 e. The Balaban J connectivity index is 3.04. The van der Waals surface area contributed by atoms with Crippen LogP contribution in [0.1, 0.15) is 12.5 Å². The summed E-state index contributed by atoms with van der Waals surface area (Å²) in [6.07, 6.45) is 0. The maximum atomic E-state index is 7.36. The second-order valence-electron chi connectivity index (χ2n) is 5.04. The van der Waals surface area contributed by atoms with Crippen LogP contribution < -0.4 is 4.74 Å². The molecule has 4 heteroatoms. The molecule has 0 N–H and O–H groups in total. The molecule has 92 valence electrons. The molecule has 1 unspecified atom stereocenters. The number of methoxy groups -OCH3 is 1. The summed E-state index contributed by atoms with van der Waals surface area (Å²) in [6.45, 7) is 15.4. The quantitative estimate of drug-likeness (QED) is 0.600. The third-order valence-electron chi connectivity index (χ3n) is 2.34. The first-order valence-electron chi connectivity index (χ1n) is 5.54. The molecule has 0 saturated carbocycles. The smallest absolute Gasteiger partial charge is 0.352 e. The van der Waals surface area contributed by atoms with E-state index in [4.69, 9.17) is 15.7 Å². The van der Waals surface area contributed by atoms with Gasteiger partial charge in [0.2, 0.25) is 0 Å². The summed E-state index contributed by atoms with van der Waals surface area (Å²) in [7, 11) is -0.137. The zero-order chi connectivity index (χ0) is 13.1. The Labute approximate surface area is 104 Å². The van der Waals surface area contributed by atoms with Crippen LogP contribution in [-0.2, 0) is 10.2 Å². The minimum absolute atomic E-state index is 0.786. The van der Waals surface area contributed by atoms with Crippen molar-refractivity contribution in [3.63, 3.8) is 0 Å². The van der Waals surface area contributed by atoms with Gasteiger partial charge in [0.25, 0.3) is 0 Å². The Bertz CT molecular complexity index is 417. The van der Waals surface area contributed by atoms with E-state index in [2.05, 4.69) is 24.5 Å². The highest BCUT2D eigenvalue weighted by atomic mass is 28.4. The van der Waals surface area contributed by atoms with Crippen LogP contribution in [0.2, 0.25) is 19.6 Å². The van der Waals surface area contributed by atoms with Gasteiger partial charge in [0.05, 0.1) is 12.7 Å². The summed E-state index contributed by atoms with van der Waals surface area (Å²) in [6, 6.07) is 7.48. The van der Waals surface area contributed by atoms with Gasteiger partial charge in [-0.2, -0.15) is 0 Å². The van der Waals surface area contributed by atoms with Crippen LogP contribution in [0.25, 0.3) is 4.85 Å². The molecule has 0 radical (unpaired) electrons. The van der Waals surface area contributed by atoms with E-state index < -0.39 is 14.0 Å². The molecule has 17 heavy (non-hydrogen) atoms. The summed E-state index contributed by atoms with van der Waals surface area (Å²) in [5.41, 5.74) is -0.0211. The molecule has 0 fully saturated rings. The molecule has 0 aliphatic rings. The Morgan fingerprint density at radius 3 is 2.06 bits per heavy atom. The predicted molar refractivity (Wildman–Crippen MR) is 71.4 cm³/mol. The molecular weight excluding hydrogens is 230 g/mol. The Morgan fingerprint density at radius 2 is 1.71 bits per heavy atom. The molecule has 0 saturated heterocycles. The maximum absolute atomic E-state index is 7.36. The van der Waals surface area contributed by atoms with Crippen molar-refractivity contribution >= 4 is 8.32 Å². The van der Waals surface area contributed by atoms with Crippen LogP contribution in [0.4, 0.5) is 0 Å². The molecule has 1 aromatic rings. The third-order valence-corrected chi connectivity index (χ3v) is 3.35. The average molecular weight is 249 g/mol. The van der Waals surface area contributed by atoms with Crippen LogP contribution in [0.15, 0.2) is 24.3 Å². The Morgan fingerprint density at radius 1 is 1.18 bits per heavy atom. The molecule has 0 aliphatic heterocycles. The van der Waals surface area contributed by atoms with Crippen molar-refractivity contribution in [2.24, 2.45) is 0 Å². The van der Waals surface area contributed by atoms with Crippen molar-refractivity contribution in [1.29, 1.82) is 0 Å². The van der Waals surface area contributed by atoms with E-state index in [0.717, 1.165) is 11.3 Å². The van der Waals surface area contributed by atoms with Crippen LogP contribution in [-0.4, -0.2) is 15.4 Å². The highest BCUT2D eigenvalue weighted by Gasteiger charge is 2.39. The lowest BCUT2D eigenvalue weighted by Gasteiger charge is -2.26. The van der Waals surface area contributed by atoms with Crippen LogP contribution in [0.5, 0.6) is 5.75 Å².